The maximum absolute atomic E-state index is 14.6. The molecule has 2 heterocycles. The predicted molar refractivity (Wildman–Crippen MR) is 112 cm³/mol. The largest absolute Gasteiger partial charge is 0.459 e. The number of benzene rings is 1. The second kappa shape index (κ2) is 8.70. The molecule has 1 saturated carbocycles. The third kappa shape index (κ3) is 4.67. The van der Waals surface area contributed by atoms with Crippen LogP contribution in [0.5, 0.6) is 0 Å². The van der Waals surface area contributed by atoms with Crippen molar-refractivity contribution in [1.82, 2.24) is 14.9 Å². The van der Waals surface area contributed by atoms with Crippen LogP contribution in [0.15, 0.2) is 28.9 Å². The van der Waals surface area contributed by atoms with Gasteiger partial charge in [-0.2, -0.15) is 18.3 Å². The van der Waals surface area contributed by atoms with E-state index in [9.17, 15) is 27.5 Å². The fraction of sp³-hybridized carbons (Fsp3) is 0.409. The number of carbonyl (C=O) groups is 1. The molecule has 3 aromatic rings. The van der Waals surface area contributed by atoms with Crippen LogP contribution < -0.4 is 0 Å². The Hall–Kier alpha value is -2.92. The number of hydrogen-bond donors (Lipinski definition) is 1. The molecular weight excluding hydrogens is 482 g/mol. The first kappa shape index (κ1) is 24.2. The monoisotopic (exact) mass is 501 g/mol. The molecule has 0 radical (unpaired) electrons. The highest BCUT2D eigenvalue weighted by Crippen LogP contribution is 2.43. The predicted octanol–water partition coefficient (Wildman–Crippen LogP) is 5.50. The van der Waals surface area contributed by atoms with Crippen LogP contribution in [-0.2, 0) is 17.5 Å². The molecule has 1 fully saturated rings. The minimum absolute atomic E-state index is 0.119. The zero-order valence-corrected chi connectivity index (χ0v) is 18.9. The molecule has 7 nitrogen and oxygen atoms in total. The van der Waals surface area contributed by atoms with Crippen LogP contribution in [-0.4, -0.2) is 37.7 Å². The van der Waals surface area contributed by atoms with Crippen molar-refractivity contribution in [2.24, 2.45) is 0 Å². The lowest BCUT2D eigenvalue weighted by Gasteiger charge is -2.25. The number of aromatic nitrogens is 3. The Bertz CT molecular complexity index is 1210. The van der Waals surface area contributed by atoms with Gasteiger partial charge in [-0.25, -0.2) is 9.18 Å². The summed E-state index contributed by atoms with van der Waals surface area (Å²) in [5.74, 6) is -2.45. The molecule has 182 valence electrons. The molecule has 0 amide bonds. The highest BCUT2D eigenvalue weighted by molar-refractivity contribution is 6.33. The Balaban J connectivity index is 1.92. The summed E-state index contributed by atoms with van der Waals surface area (Å²) in [5.41, 5.74) is -4.59. The average Bonchev–Trinajstić information content (AvgIpc) is 3.27. The highest BCUT2D eigenvalue weighted by atomic mass is 35.5. The SMILES string of the molecule is CC(C)(O)Cn1ncc(-c2onc(-c3c(F)cccc3Cl)c2C(=O)OC2CCC2)c1C(F)(F)F. The normalized spacial score (nSPS) is 14.8. The van der Waals surface area contributed by atoms with Crippen molar-refractivity contribution in [1.29, 1.82) is 0 Å². The average molecular weight is 502 g/mol. The first-order valence-corrected chi connectivity index (χ1v) is 10.8. The zero-order valence-electron chi connectivity index (χ0n) is 18.1. The number of carbonyl (C=O) groups excluding carboxylic acids is 1. The maximum atomic E-state index is 14.6. The molecule has 1 aliphatic rings. The fourth-order valence-electron chi connectivity index (χ4n) is 3.59. The van der Waals surface area contributed by atoms with Crippen LogP contribution in [0, 0.1) is 5.82 Å². The van der Waals surface area contributed by atoms with Gasteiger partial charge in [0.1, 0.15) is 23.2 Å². The molecule has 12 heteroatoms. The van der Waals surface area contributed by atoms with E-state index in [4.69, 9.17) is 20.9 Å². The molecule has 0 bridgehead atoms. The lowest BCUT2D eigenvalue weighted by molar-refractivity contribution is -0.144. The quantitative estimate of drug-likeness (QED) is 0.354. The van der Waals surface area contributed by atoms with E-state index in [1.807, 2.05) is 0 Å². The third-order valence-electron chi connectivity index (χ3n) is 5.31. The van der Waals surface area contributed by atoms with Crippen LogP contribution in [0.1, 0.15) is 49.2 Å². The van der Waals surface area contributed by atoms with Gasteiger partial charge in [0.25, 0.3) is 0 Å². The van der Waals surface area contributed by atoms with E-state index in [1.54, 1.807) is 0 Å². The summed E-state index contributed by atoms with van der Waals surface area (Å²) in [7, 11) is 0. The minimum atomic E-state index is -4.94. The summed E-state index contributed by atoms with van der Waals surface area (Å²) < 4.78 is 68.0. The summed E-state index contributed by atoms with van der Waals surface area (Å²) in [6.45, 7) is 2.15. The Kier molecular flexibility index (Phi) is 6.19. The van der Waals surface area contributed by atoms with Gasteiger partial charge in [-0.05, 0) is 45.2 Å². The van der Waals surface area contributed by atoms with E-state index in [1.165, 1.54) is 26.0 Å². The fourth-order valence-corrected chi connectivity index (χ4v) is 3.85. The van der Waals surface area contributed by atoms with Crippen molar-refractivity contribution >= 4 is 17.6 Å². The van der Waals surface area contributed by atoms with Crippen molar-refractivity contribution in [2.75, 3.05) is 0 Å². The van der Waals surface area contributed by atoms with Crippen molar-refractivity contribution in [3.63, 3.8) is 0 Å². The molecule has 2 aromatic heterocycles. The second-order valence-corrected chi connectivity index (χ2v) is 9.07. The smallest absolute Gasteiger partial charge is 0.433 e. The summed E-state index contributed by atoms with van der Waals surface area (Å²) in [6, 6.07) is 3.74. The van der Waals surface area contributed by atoms with E-state index >= 15 is 0 Å². The molecule has 4 rings (SSSR count). The van der Waals surface area contributed by atoms with Gasteiger partial charge < -0.3 is 14.4 Å². The summed E-state index contributed by atoms with van der Waals surface area (Å²) in [4.78, 5) is 13.1. The van der Waals surface area contributed by atoms with Crippen LogP contribution in [0.2, 0.25) is 5.02 Å². The number of hydrogen-bond acceptors (Lipinski definition) is 6. The van der Waals surface area contributed by atoms with Gasteiger partial charge in [-0.1, -0.05) is 22.8 Å². The van der Waals surface area contributed by atoms with Crippen molar-refractivity contribution in [3.05, 3.63) is 46.5 Å². The molecular formula is C22H20ClF4N3O4. The van der Waals surface area contributed by atoms with Gasteiger partial charge in [-0.3, -0.25) is 4.68 Å². The number of aliphatic hydroxyl groups is 1. The molecule has 0 atom stereocenters. The highest BCUT2D eigenvalue weighted by Gasteiger charge is 2.43. The standard InChI is InChI=1S/C22H20ClF4N3O4/c1-21(2,32)10-30-19(22(25,26)27)12(9-28-30)18-16(20(31)33-11-5-3-6-11)17(29-34-18)15-13(23)7-4-8-14(15)24/h4,7-9,11,32H,3,5-6,10H2,1-2H3. The zero-order chi connectivity index (χ0) is 24.8. The number of rotatable bonds is 6. The Morgan fingerprint density at radius 3 is 2.59 bits per heavy atom. The van der Waals surface area contributed by atoms with Crippen LogP contribution >= 0.6 is 11.6 Å². The van der Waals surface area contributed by atoms with E-state index in [-0.39, 0.29) is 16.3 Å². The van der Waals surface area contributed by atoms with E-state index in [2.05, 4.69) is 10.3 Å². The summed E-state index contributed by atoms with van der Waals surface area (Å²) in [5, 5.41) is 17.4. The van der Waals surface area contributed by atoms with Gasteiger partial charge >= 0.3 is 12.1 Å². The molecule has 1 N–H and O–H groups in total. The lowest BCUT2D eigenvalue weighted by atomic mass is 9.96. The number of esters is 1. The lowest BCUT2D eigenvalue weighted by Crippen LogP contribution is -2.29. The molecule has 0 unspecified atom stereocenters. The van der Waals surface area contributed by atoms with Gasteiger partial charge in [0.05, 0.1) is 34.5 Å². The molecule has 0 spiro atoms. The summed E-state index contributed by atoms with van der Waals surface area (Å²) >= 11 is 6.12. The van der Waals surface area contributed by atoms with Gasteiger partial charge in [0.2, 0.25) is 0 Å². The summed E-state index contributed by atoms with van der Waals surface area (Å²) in [6.07, 6.45) is -2.47. The molecule has 34 heavy (non-hydrogen) atoms. The van der Waals surface area contributed by atoms with Crippen LogP contribution in [0.4, 0.5) is 17.6 Å². The topological polar surface area (TPSA) is 90.4 Å². The van der Waals surface area contributed by atoms with E-state index < -0.39 is 58.8 Å². The van der Waals surface area contributed by atoms with Crippen molar-refractivity contribution in [3.8, 4) is 22.6 Å². The number of nitrogens with zero attached hydrogens (tertiary/aromatic N) is 3. The Morgan fingerprint density at radius 1 is 1.32 bits per heavy atom. The molecule has 0 saturated heterocycles. The number of alkyl halides is 3. The van der Waals surface area contributed by atoms with Crippen molar-refractivity contribution in [2.45, 2.75) is 57.5 Å². The van der Waals surface area contributed by atoms with Gasteiger partial charge in [0.15, 0.2) is 11.5 Å². The van der Waals surface area contributed by atoms with Crippen molar-refractivity contribution < 1.29 is 36.7 Å². The van der Waals surface area contributed by atoms with Gasteiger partial charge in [-0.15, -0.1) is 0 Å². The van der Waals surface area contributed by atoms with E-state index in [0.717, 1.165) is 18.7 Å². The first-order chi connectivity index (χ1) is 15.9. The Labute approximate surface area is 196 Å². The van der Waals surface area contributed by atoms with Crippen LogP contribution in [0.3, 0.4) is 0 Å². The first-order valence-electron chi connectivity index (χ1n) is 10.4. The second-order valence-electron chi connectivity index (χ2n) is 8.66. The number of halogens is 5. The number of ether oxygens (including phenoxy) is 1. The maximum Gasteiger partial charge on any atom is 0.433 e. The van der Waals surface area contributed by atoms with Gasteiger partial charge in [0, 0.05) is 0 Å². The Morgan fingerprint density at radius 2 is 2.03 bits per heavy atom. The molecule has 1 aromatic carbocycles. The molecule has 1 aliphatic carbocycles. The minimum Gasteiger partial charge on any atom is -0.459 e. The van der Waals surface area contributed by atoms with E-state index in [0.29, 0.717) is 17.5 Å². The third-order valence-corrected chi connectivity index (χ3v) is 5.63. The van der Waals surface area contributed by atoms with Crippen LogP contribution in [0.25, 0.3) is 22.6 Å². The molecule has 0 aliphatic heterocycles.